The number of hydrogen-bond acceptors (Lipinski definition) is 3. The number of nitrogens with one attached hydrogen (secondary N) is 2. The van der Waals surface area contributed by atoms with Gasteiger partial charge >= 0.3 is 0 Å². The van der Waals surface area contributed by atoms with Crippen molar-refractivity contribution < 1.29 is 8.42 Å². The van der Waals surface area contributed by atoms with E-state index in [1.54, 1.807) is 24.3 Å². The van der Waals surface area contributed by atoms with Crippen molar-refractivity contribution >= 4 is 21.8 Å². The molecule has 0 saturated carbocycles. The maximum absolute atomic E-state index is 11.9. The maximum atomic E-state index is 11.9. The lowest BCUT2D eigenvalue weighted by atomic mass is 10.1. The molecule has 1 heterocycles. The second-order valence-electron chi connectivity index (χ2n) is 5.76. The highest BCUT2D eigenvalue weighted by molar-refractivity contribution is 7.87. The van der Waals surface area contributed by atoms with Crippen LogP contribution >= 0.6 is 11.6 Å². The lowest BCUT2D eigenvalue weighted by molar-refractivity contribution is 0.292. The number of likely N-dealkylation sites (tertiary alicyclic amines) is 1. The Morgan fingerprint density at radius 1 is 1.27 bits per heavy atom. The minimum Gasteiger partial charge on any atom is -0.303 e. The smallest absolute Gasteiger partial charge is 0.277 e. The standard InChI is InChI=1S/C15H24ClN3O2S/c1-19-11-3-5-15(19)4-2-10-17-22(20,21)18-12-13-6-8-14(16)9-7-13/h6-9,15,17-18H,2-5,10-12H2,1H3/t15-/m1/s1. The van der Waals surface area contributed by atoms with Gasteiger partial charge in [0.25, 0.3) is 10.2 Å². The van der Waals surface area contributed by atoms with Gasteiger partial charge in [-0.15, -0.1) is 0 Å². The molecule has 5 nitrogen and oxygen atoms in total. The molecule has 124 valence electrons. The summed E-state index contributed by atoms with van der Waals surface area (Å²) in [6.45, 7) is 1.89. The summed E-state index contributed by atoms with van der Waals surface area (Å²) in [7, 11) is -1.31. The molecule has 0 aromatic heterocycles. The summed E-state index contributed by atoms with van der Waals surface area (Å²) < 4.78 is 28.9. The lowest BCUT2D eigenvalue weighted by Gasteiger charge is -2.19. The number of rotatable bonds is 8. The second kappa shape index (κ2) is 8.26. The molecule has 1 fully saturated rings. The van der Waals surface area contributed by atoms with Crippen LogP contribution in [0.5, 0.6) is 0 Å². The minimum absolute atomic E-state index is 0.262. The average molecular weight is 346 g/mol. The van der Waals surface area contributed by atoms with Crippen molar-refractivity contribution in [3.8, 4) is 0 Å². The summed E-state index contributed by atoms with van der Waals surface area (Å²) in [4.78, 5) is 2.35. The molecule has 2 rings (SSSR count). The molecular formula is C15H24ClN3O2S. The normalized spacial score (nSPS) is 19.6. The number of nitrogens with zero attached hydrogens (tertiary/aromatic N) is 1. The highest BCUT2D eigenvalue weighted by Crippen LogP contribution is 2.18. The molecule has 0 unspecified atom stereocenters. The number of benzene rings is 1. The predicted octanol–water partition coefficient (Wildman–Crippen LogP) is 2.14. The van der Waals surface area contributed by atoms with Crippen LogP contribution in [0.2, 0.25) is 5.02 Å². The summed E-state index contributed by atoms with van der Waals surface area (Å²) >= 11 is 5.80. The second-order valence-corrected chi connectivity index (χ2v) is 7.78. The van der Waals surface area contributed by atoms with Gasteiger partial charge < -0.3 is 4.90 Å². The van der Waals surface area contributed by atoms with Gasteiger partial charge in [-0.25, -0.2) is 4.72 Å². The van der Waals surface area contributed by atoms with Crippen molar-refractivity contribution in [3.05, 3.63) is 34.9 Å². The van der Waals surface area contributed by atoms with Gasteiger partial charge in [0, 0.05) is 24.2 Å². The van der Waals surface area contributed by atoms with Crippen LogP contribution in [-0.4, -0.2) is 39.5 Å². The predicted molar refractivity (Wildman–Crippen MR) is 90.1 cm³/mol. The summed E-state index contributed by atoms with van der Waals surface area (Å²) in [5, 5.41) is 0.640. The third-order valence-electron chi connectivity index (χ3n) is 4.06. The highest BCUT2D eigenvalue weighted by atomic mass is 35.5. The zero-order valence-electron chi connectivity index (χ0n) is 12.9. The topological polar surface area (TPSA) is 61.4 Å². The number of halogens is 1. The molecule has 0 amide bonds. The lowest BCUT2D eigenvalue weighted by Crippen LogP contribution is -2.37. The Morgan fingerprint density at radius 3 is 2.64 bits per heavy atom. The molecule has 0 radical (unpaired) electrons. The first-order valence-corrected chi connectivity index (χ1v) is 9.51. The molecule has 1 atom stereocenters. The van der Waals surface area contributed by atoms with E-state index in [1.807, 2.05) is 0 Å². The highest BCUT2D eigenvalue weighted by Gasteiger charge is 2.20. The van der Waals surface area contributed by atoms with Crippen LogP contribution in [-0.2, 0) is 16.8 Å². The summed E-state index contributed by atoms with van der Waals surface area (Å²) in [5.41, 5.74) is 0.877. The van der Waals surface area contributed by atoms with E-state index in [0.717, 1.165) is 24.9 Å². The zero-order valence-corrected chi connectivity index (χ0v) is 14.5. The summed E-state index contributed by atoms with van der Waals surface area (Å²) in [6, 6.07) is 7.71. The molecule has 1 aliphatic heterocycles. The molecular weight excluding hydrogens is 322 g/mol. The Labute approximate surface area is 138 Å². The Balaban J connectivity index is 1.66. The van der Waals surface area contributed by atoms with E-state index in [-0.39, 0.29) is 6.54 Å². The SMILES string of the molecule is CN1CCC[C@H]1CCCNS(=O)(=O)NCc1ccc(Cl)cc1. The van der Waals surface area contributed by atoms with Crippen molar-refractivity contribution in [3.63, 3.8) is 0 Å². The third kappa shape index (κ3) is 5.85. The van der Waals surface area contributed by atoms with Crippen LogP contribution in [0, 0.1) is 0 Å². The Kier molecular flexibility index (Phi) is 6.65. The molecule has 1 saturated heterocycles. The van der Waals surface area contributed by atoms with Crippen LogP contribution in [0.15, 0.2) is 24.3 Å². The molecule has 0 spiro atoms. The van der Waals surface area contributed by atoms with E-state index in [9.17, 15) is 8.42 Å². The van der Waals surface area contributed by atoms with E-state index in [4.69, 9.17) is 11.6 Å². The average Bonchev–Trinajstić information content (AvgIpc) is 2.89. The van der Waals surface area contributed by atoms with Gasteiger partial charge in [-0.2, -0.15) is 13.1 Å². The van der Waals surface area contributed by atoms with Gasteiger partial charge in [0.05, 0.1) is 0 Å². The van der Waals surface area contributed by atoms with Crippen LogP contribution in [0.1, 0.15) is 31.2 Å². The molecule has 1 aromatic rings. The first-order valence-electron chi connectivity index (χ1n) is 7.65. The Hall–Kier alpha value is -0.660. The van der Waals surface area contributed by atoms with Crippen molar-refractivity contribution in [2.24, 2.45) is 0 Å². The van der Waals surface area contributed by atoms with E-state index >= 15 is 0 Å². The van der Waals surface area contributed by atoms with Gasteiger partial charge in [-0.1, -0.05) is 23.7 Å². The van der Waals surface area contributed by atoms with Gasteiger partial charge in [0.2, 0.25) is 0 Å². The van der Waals surface area contributed by atoms with Gasteiger partial charge in [0.1, 0.15) is 0 Å². The first-order chi connectivity index (χ1) is 10.5. The number of hydrogen-bond donors (Lipinski definition) is 2. The Morgan fingerprint density at radius 2 is 2.00 bits per heavy atom. The van der Waals surface area contributed by atoms with Crippen LogP contribution in [0.25, 0.3) is 0 Å². The zero-order chi connectivity index (χ0) is 16.0. The fourth-order valence-corrected chi connectivity index (χ4v) is 3.72. The quantitative estimate of drug-likeness (QED) is 0.710. The molecule has 22 heavy (non-hydrogen) atoms. The van der Waals surface area contributed by atoms with Crippen LogP contribution < -0.4 is 9.44 Å². The van der Waals surface area contributed by atoms with Crippen molar-refractivity contribution in [2.45, 2.75) is 38.3 Å². The van der Waals surface area contributed by atoms with Crippen LogP contribution in [0.4, 0.5) is 0 Å². The first kappa shape index (κ1) is 17.7. The van der Waals surface area contributed by atoms with E-state index in [0.29, 0.717) is 17.6 Å². The van der Waals surface area contributed by atoms with E-state index < -0.39 is 10.2 Å². The van der Waals surface area contributed by atoms with E-state index in [1.165, 1.54) is 12.8 Å². The fraction of sp³-hybridized carbons (Fsp3) is 0.600. The largest absolute Gasteiger partial charge is 0.303 e. The molecule has 1 aromatic carbocycles. The van der Waals surface area contributed by atoms with Crippen molar-refractivity contribution in [2.75, 3.05) is 20.1 Å². The molecule has 0 aliphatic carbocycles. The van der Waals surface area contributed by atoms with Crippen LogP contribution in [0.3, 0.4) is 0 Å². The minimum atomic E-state index is -3.45. The molecule has 1 aliphatic rings. The Bertz CT molecular complexity index is 563. The van der Waals surface area contributed by atoms with Crippen molar-refractivity contribution in [1.82, 2.24) is 14.3 Å². The van der Waals surface area contributed by atoms with Crippen molar-refractivity contribution in [1.29, 1.82) is 0 Å². The third-order valence-corrected chi connectivity index (χ3v) is 5.42. The summed E-state index contributed by atoms with van der Waals surface area (Å²) in [5.74, 6) is 0. The molecule has 7 heteroatoms. The van der Waals surface area contributed by atoms with Gasteiger partial charge in [-0.05, 0) is 57.0 Å². The van der Waals surface area contributed by atoms with Gasteiger partial charge in [0.15, 0.2) is 0 Å². The fourth-order valence-electron chi connectivity index (χ4n) is 2.72. The maximum Gasteiger partial charge on any atom is 0.277 e. The van der Waals surface area contributed by atoms with E-state index in [2.05, 4.69) is 21.4 Å². The molecule has 0 bridgehead atoms. The van der Waals surface area contributed by atoms with Gasteiger partial charge in [-0.3, -0.25) is 0 Å². The monoisotopic (exact) mass is 345 g/mol. The molecule has 2 N–H and O–H groups in total. The summed E-state index contributed by atoms with van der Waals surface area (Å²) in [6.07, 6.45) is 4.36.